The molecule has 0 radical (unpaired) electrons. The van der Waals surface area contributed by atoms with Crippen LogP contribution in [0, 0.1) is 0 Å². The monoisotopic (exact) mass is 453 g/mol. The number of carbonyl (C=O) groups excluding carboxylic acids is 2. The van der Waals surface area contributed by atoms with Crippen LogP contribution in [0.1, 0.15) is 42.6 Å². The SMILES string of the molecule is CC(C)OC(=O)N1CCC(Oc2cc(N3CCc4cc(C(=O)N(C)C)ccc43)ncn2)CC1. The lowest BCUT2D eigenvalue weighted by molar-refractivity contribution is 0.0507. The van der Waals surface area contributed by atoms with Crippen LogP contribution in [0.5, 0.6) is 5.88 Å². The summed E-state index contributed by atoms with van der Waals surface area (Å²) < 4.78 is 11.4. The van der Waals surface area contributed by atoms with Gasteiger partial charge in [0.25, 0.3) is 5.91 Å². The Balaban J connectivity index is 1.40. The van der Waals surface area contributed by atoms with Crippen molar-refractivity contribution in [3.05, 3.63) is 41.7 Å². The molecule has 3 heterocycles. The third kappa shape index (κ3) is 5.18. The summed E-state index contributed by atoms with van der Waals surface area (Å²) >= 11 is 0. The van der Waals surface area contributed by atoms with Gasteiger partial charge >= 0.3 is 6.09 Å². The lowest BCUT2D eigenvalue weighted by Crippen LogP contribution is -2.42. The van der Waals surface area contributed by atoms with E-state index in [2.05, 4.69) is 14.9 Å². The number of fused-ring (bicyclic) bond motifs is 1. The van der Waals surface area contributed by atoms with E-state index in [0.29, 0.717) is 24.5 Å². The van der Waals surface area contributed by atoms with Gasteiger partial charge < -0.3 is 24.2 Å². The zero-order valence-corrected chi connectivity index (χ0v) is 19.7. The second kappa shape index (κ2) is 9.64. The molecular formula is C24H31N5O4. The zero-order valence-electron chi connectivity index (χ0n) is 19.7. The summed E-state index contributed by atoms with van der Waals surface area (Å²) in [7, 11) is 3.51. The average molecular weight is 454 g/mol. The third-order valence-electron chi connectivity index (χ3n) is 5.86. The molecule has 9 nitrogen and oxygen atoms in total. The number of hydrogen-bond donors (Lipinski definition) is 0. The Hall–Kier alpha value is -3.36. The molecule has 0 saturated carbocycles. The molecule has 0 aliphatic carbocycles. The highest BCUT2D eigenvalue weighted by Gasteiger charge is 2.27. The highest BCUT2D eigenvalue weighted by Crippen LogP contribution is 2.35. The molecule has 2 aliphatic rings. The van der Waals surface area contributed by atoms with E-state index in [4.69, 9.17) is 9.47 Å². The van der Waals surface area contributed by atoms with Crippen molar-refractivity contribution in [2.45, 2.75) is 45.3 Å². The molecule has 0 unspecified atom stereocenters. The second-order valence-corrected chi connectivity index (χ2v) is 8.90. The first-order valence-electron chi connectivity index (χ1n) is 11.4. The number of rotatable bonds is 5. The molecule has 0 bridgehead atoms. The van der Waals surface area contributed by atoms with E-state index in [0.717, 1.165) is 42.9 Å². The summed E-state index contributed by atoms with van der Waals surface area (Å²) in [6, 6.07) is 7.66. The van der Waals surface area contributed by atoms with Crippen LogP contribution in [0.3, 0.4) is 0 Å². The maximum atomic E-state index is 12.3. The lowest BCUT2D eigenvalue weighted by atomic mass is 10.1. The van der Waals surface area contributed by atoms with Gasteiger partial charge in [0.2, 0.25) is 5.88 Å². The van der Waals surface area contributed by atoms with Gasteiger partial charge in [-0.05, 0) is 44.0 Å². The highest BCUT2D eigenvalue weighted by atomic mass is 16.6. The molecule has 0 atom stereocenters. The van der Waals surface area contributed by atoms with Crippen LogP contribution < -0.4 is 9.64 Å². The molecule has 1 aromatic carbocycles. The standard InChI is InChI=1S/C24H31N5O4/c1-16(2)32-24(31)28-10-8-19(9-11-28)33-22-14-21(25-15-26-22)29-12-7-17-13-18(5-6-20(17)29)23(30)27(3)4/h5-6,13-16,19H,7-12H2,1-4H3. The predicted molar refractivity (Wildman–Crippen MR) is 124 cm³/mol. The molecule has 2 aromatic rings. The topological polar surface area (TPSA) is 88.1 Å². The number of aromatic nitrogens is 2. The van der Waals surface area contributed by atoms with Crippen LogP contribution in [-0.4, -0.2) is 77.7 Å². The van der Waals surface area contributed by atoms with Crippen LogP contribution in [0.25, 0.3) is 0 Å². The van der Waals surface area contributed by atoms with Crippen molar-refractivity contribution >= 4 is 23.5 Å². The molecular weight excluding hydrogens is 422 g/mol. The molecule has 1 saturated heterocycles. The summed E-state index contributed by atoms with van der Waals surface area (Å²) in [4.78, 5) is 38.5. The van der Waals surface area contributed by atoms with Crippen LogP contribution in [0.4, 0.5) is 16.3 Å². The number of hydrogen-bond acceptors (Lipinski definition) is 7. The number of amides is 2. The molecule has 2 amide bonds. The fourth-order valence-electron chi connectivity index (χ4n) is 4.18. The molecule has 1 fully saturated rings. The average Bonchev–Trinajstić information content (AvgIpc) is 3.22. The maximum absolute atomic E-state index is 12.3. The minimum atomic E-state index is -0.268. The van der Waals surface area contributed by atoms with E-state index < -0.39 is 0 Å². The van der Waals surface area contributed by atoms with Crippen LogP contribution in [0.15, 0.2) is 30.6 Å². The Morgan fingerprint density at radius 3 is 2.55 bits per heavy atom. The lowest BCUT2D eigenvalue weighted by Gasteiger charge is -2.31. The summed E-state index contributed by atoms with van der Waals surface area (Å²) in [5, 5.41) is 0. The minimum absolute atomic E-state index is 0.00233. The zero-order chi connectivity index (χ0) is 23.5. The molecule has 176 valence electrons. The Bertz CT molecular complexity index is 1020. The largest absolute Gasteiger partial charge is 0.474 e. The number of ether oxygens (including phenoxy) is 2. The number of carbonyl (C=O) groups is 2. The molecule has 0 spiro atoms. The molecule has 1 aromatic heterocycles. The first kappa shape index (κ1) is 22.8. The van der Waals surface area contributed by atoms with Gasteiger partial charge in [-0.1, -0.05) is 0 Å². The van der Waals surface area contributed by atoms with Crippen molar-refractivity contribution < 1.29 is 19.1 Å². The van der Waals surface area contributed by atoms with E-state index in [1.54, 1.807) is 23.9 Å². The van der Waals surface area contributed by atoms with E-state index >= 15 is 0 Å². The minimum Gasteiger partial charge on any atom is -0.474 e. The number of likely N-dealkylation sites (tertiary alicyclic amines) is 1. The van der Waals surface area contributed by atoms with E-state index in [9.17, 15) is 9.59 Å². The Morgan fingerprint density at radius 2 is 1.85 bits per heavy atom. The molecule has 4 rings (SSSR count). The van der Waals surface area contributed by atoms with Crippen molar-refractivity contribution in [1.29, 1.82) is 0 Å². The first-order chi connectivity index (χ1) is 15.8. The Labute approximate surface area is 194 Å². The molecule has 33 heavy (non-hydrogen) atoms. The second-order valence-electron chi connectivity index (χ2n) is 8.90. The van der Waals surface area contributed by atoms with E-state index in [-0.39, 0.29) is 24.2 Å². The van der Waals surface area contributed by atoms with Gasteiger partial charge in [-0.3, -0.25) is 4.79 Å². The smallest absolute Gasteiger partial charge is 0.410 e. The van der Waals surface area contributed by atoms with Gasteiger partial charge in [0.15, 0.2) is 0 Å². The van der Waals surface area contributed by atoms with Crippen molar-refractivity contribution in [2.24, 2.45) is 0 Å². The van der Waals surface area contributed by atoms with E-state index in [1.807, 2.05) is 38.1 Å². The Kier molecular flexibility index (Phi) is 6.67. The van der Waals surface area contributed by atoms with Crippen LogP contribution >= 0.6 is 0 Å². The van der Waals surface area contributed by atoms with Crippen molar-refractivity contribution in [3.8, 4) is 5.88 Å². The molecule has 0 N–H and O–H groups in total. The summed E-state index contributed by atoms with van der Waals surface area (Å²) in [5.74, 6) is 1.29. The number of benzene rings is 1. The van der Waals surface area contributed by atoms with Crippen molar-refractivity contribution in [3.63, 3.8) is 0 Å². The molecule has 9 heteroatoms. The van der Waals surface area contributed by atoms with Crippen LogP contribution in [0.2, 0.25) is 0 Å². The Morgan fingerprint density at radius 1 is 1.09 bits per heavy atom. The van der Waals surface area contributed by atoms with Gasteiger partial charge in [0, 0.05) is 63.9 Å². The predicted octanol–water partition coefficient (Wildman–Crippen LogP) is 3.26. The quantitative estimate of drug-likeness (QED) is 0.687. The van der Waals surface area contributed by atoms with Gasteiger partial charge in [-0.2, -0.15) is 0 Å². The normalized spacial score (nSPS) is 16.0. The fourth-order valence-corrected chi connectivity index (χ4v) is 4.18. The van der Waals surface area contributed by atoms with Crippen molar-refractivity contribution in [2.75, 3.05) is 38.6 Å². The van der Waals surface area contributed by atoms with Crippen molar-refractivity contribution in [1.82, 2.24) is 19.8 Å². The van der Waals surface area contributed by atoms with Crippen LogP contribution in [-0.2, 0) is 11.2 Å². The summed E-state index contributed by atoms with van der Waals surface area (Å²) in [6.07, 6.45) is 3.40. The highest BCUT2D eigenvalue weighted by molar-refractivity contribution is 5.95. The fraction of sp³-hybridized carbons (Fsp3) is 0.500. The van der Waals surface area contributed by atoms with E-state index in [1.165, 1.54) is 6.33 Å². The van der Waals surface area contributed by atoms with Gasteiger partial charge in [0.05, 0.1) is 6.10 Å². The van der Waals surface area contributed by atoms with Gasteiger partial charge in [0.1, 0.15) is 18.2 Å². The number of piperidine rings is 1. The number of anilines is 2. The summed E-state index contributed by atoms with van der Waals surface area (Å²) in [5.41, 5.74) is 2.87. The number of nitrogens with zero attached hydrogens (tertiary/aromatic N) is 5. The first-order valence-corrected chi connectivity index (χ1v) is 11.4. The summed E-state index contributed by atoms with van der Waals surface area (Å²) in [6.45, 7) is 5.67. The molecule has 2 aliphatic heterocycles. The van der Waals surface area contributed by atoms with Gasteiger partial charge in [-0.15, -0.1) is 0 Å². The maximum Gasteiger partial charge on any atom is 0.410 e. The van der Waals surface area contributed by atoms with Gasteiger partial charge in [-0.25, -0.2) is 14.8 Å². The third-order valence-corrected chi connectivity index (χ3v) is 5.86.